The van der Waals surface area contributed by atoms with Crippen molar-refractivity contribution in [2.24, 2.45) is 0 Å². The number of hydrogen-bond acceptors (Lipinski definition) is 4. The Morgan fingerprint density at radius 3 is 2.90 bits per heavy atom. The maximum absolute atomic E-state index is 6.24. The summed E-state index contributed by atoms with van der Waals surface area (Å²) in [5.74, 6) is 0.967. The van der Waals surface area contributed by atoms with E-state index in [4.69, 9.17) is 16.3 Å². The lowest BCUT2D eigenvalue weighted by molar-refractivity contribution is 0.181. The molecule has 1 atom stereocenters. The molecule has 1 aliphatic carbocycles. The van der Waals surface area contributed by atoms with E-state index in [9.17, 15) is 0 Å². The highest BCUT2D eigenvalue weighted by Crippen LogP contribution is 2.24. The molecule has 1 heterocycles. The Bertz CT molecular complexity index is 437. The minimum absolute atomic E-state index is 0.294. The van der Waals surface area contributed by atoms with E-state index in [0.29, 0.717) is 18.7 Å². The van der Waals surface area contributed by atoms with E-state index in [1.54, 1.807) is 13.3 Å². The van der Waals surface area contributed by atoms with E-state index in [1.807, 2.05) is 0 Å². The van der Waals surface area contributed by atoms with Crippen LogP contribution in [0.4, 0.5) is 5.82 Å². The summed E-state index contributed by atoms with van der Waals surface area (Å²) in [6, 6.07) is 3.06. The van der Waals surface area contributed by atoms with Crippen LogP contribution in [-0.4, -0.2) is 37.3 Å². The van der Waals surface area contributed by atoms with Crippen molar-refractivity contribution in [3.05, 3.63) is 22.8 Å². The zero-order chi connectivity index (χ0) is 14.5. The van der Waals surface area contributed by atoms with Crippen LogP contribution in [0, 0.1) is 0 Å². The fraction of sp³-hybridized carbons (Fsp3) is 0.667. The molecule has 112 valence electrons. The smallest absolute Gasteiger partial charge is 0.129 e. The predicted molar refractivity (Wildman–Crippen MR) is 83.5 cm³/mol. The van der Waals surface area contributed by atoms with Crippen LogP contribution in [0.15, 0.2) is 12.3 Å². The summed E-state index contributed by atoms with van der Waals surface area (Å²) in [7, 11) is 1.73. The number of nitrogens with one attached hydrogen (secondary N) is 1. The van der Waals surface area contributed by atoms with E-state index in [0.717, 1.165) is 29.5 Å². The number of pyridine rings is 1. The number of ether oxygens (including phenoxy) is 1. The van der Waals surface area contributed by atoms with Gasteiger partial charge in [0.05, 0.1) is 17.7 Å². The summed E-state index contributed by atoms with van der Waals surface area (Å²) < 4.78 is 5.24. The van der Waals surface area contributed by atoms with Crippen LogP contribution < -0.4 is 10.2 Å². The first-order valence-electron chi connectivity index (χ1n) is 7.29. The molecule has 1 aromatic heterocycles. The molecule has 20 heavy (non-hydrogen) atoms. The Kier molecular flexibility index (Phi) is 5.64. The molecule has 0 aromatic carbocycles. The summed E-state index contributed by atoms with van der Waals surface area (Å²) in [6.07, 6.45) is 4.31. The molecule has 1 aromatic rings. The third-order valence-corrected chi connectivity index (χ3v) is 3.99. The minimum atomic E-state index is 0.294. The van der Waals surface area contributed by atoms with Gasteiger partial charge in [0.15, 0.2) is 0 Å². The molecule has 0 amide bonds. The Morgan fingerprint density at radius 2 is 2.30 bits per heavy atom. The zero-order valence-electron chi connectivity index (χ0n) is 12.5. The molecule has 1 saturated carbocycles. The Hall–Kier alpha value is -0.840. The normalized spacial score (nSPS) is 16.2. The summed E-state index contributed by atoms with van der Waals surface area (Å²) in [5.41, 5.74) is 1.12. The van der Waals surface area contributed by atoms with Gasteiger partial charge in [-0.3, -0.25) is 0 Å². The lowest BCUT2D eigenvalue weighted by atomic mass is 10.2. The highest BCUT2D eigenvalue weighted by atomic mass is 35.5. The van der Waals surface area contributed by atoms with Gasteiger partial charge in [0.25, 0.3) is 0 Å². The van der Waals surface area contributed by atoms with Crippen molar-refractivity contribution in [1.82, 2.24) is 10.3 Å². The molecule has 0 aliphatic heterocycles. The Balaban J connectivity index is 2.10. The second-order valence-corrected chi connectivity index (χ2v) is 5.79. The fourth-order valence-corrected chi connectivity index (χ4v) is 2.50. The topological polar surface area (TPSA) is 37.4 Å². The highest BCUT2D eigenvalue weighted by Gasteiger charge is 2.21. The molecule has 0 spiro atoms. The summed E-state index contributed by atoms with van der Waals surface area (Å²) in [4.78, 5) is 6.70. The van der Waals surface area contributed by atoms with Gasteiger partial charge in [-0.15, -0.1) is 0 Å². The van der Waals surface area contributed by atoms with Crippen molar-refractivity contribution in [3.63, 3.8) is 0 Å². The average Bonchev–Trinajstić information content (AvgIpc) is 3.24. The van der Waals surface area contributed by atoms with Crippen molar-refractivity contribution in [1.29, 1.82) is 0 Å². The number of anilines is 1. The van der Waals surface area contributed by atoms with Gasteiger partial charge in [-0.05, 0) is 38.3 Å². The zero-order valence-corrected chi connectivity index (χ0v) is 13.3. The molecule has 1 unspecified atom stereocenters. The van der Waals surface area contributed by atoms with Crippen LogP contribution in [0.3, 0.4) is 0 Å². The molecule has 2 rings (SSSR count). The molecule has 1 fully saturated rings. The summed E-state index contributed by atoms with van der Waals surface area (Å²) in [6.45, 7) is 6.67. The van der Waals surface area contributed by atoms with Crippen molar-refractivity contribution in [2.75, 3.05) is 25.2 Å². The standard InChI is InChI=1S/C15H24ClN3O/c1-4-19(11(2)10-20-3)15-7-12(14(16)9-18-15)8-17-13-5-6-13/h7,9,11,13,17H,4-6,8,10H2,1-3H3. The van der Waals surface area contributed by atoms with E-state index in [-0.39, 0.29) is 0 Å². The van der Waals surface area contributed by atoms with Crippen LogP contribution in [0.2, 0.25) is 5.02 Å². The second kappa shape index (κ2) is 7.25. The number of halogens is 1. The van der Waals surface area contributed by atoms with Gasteiger partial charge in [0, 0.05) is 32.4 Å². The molecule has 0 radical (unpaired) electrons. The maximum Gasteiger partial charge on any atom is 0.129 e. The number of methoxy groups -OCH3 is 1. The van der Waals surface area contributed by atoms with Crippen molar-refractivity contribution >= 4 is 17.4 Å². The molecule has 4 nitrogen and oxygen atoms in total. The maximum atomic E-state index is 6.24. The van der Waals surface area contributed by atoms with Crippen LogP contribution in [-0.2, 0) is 11.3 Å². The number of nitrogens with zero attached hydrogens (tertiary/aromatic N) is 2. The molecule has 1 aliphatic rings. The fourth-order valence-electron chi connectivity index (χ4n) is 2.33. The van der Waals surface area contributed by atoms with Gasteiger partial charge in [-0.1, -0.05) is 11.6 Å². The van der Waals surface area contributed by atoms with Gasteiger partial charge in [-0.25, -0.2) is 4.98 Å². The van der Waals surface area contributed by atoms with Crippen molar-refractivity contribution in [2.45, 2.75) is 45.3 Å². The predicted octanol–water partition coefficient (Wildman–Crippen LogP) is 2.85. The van der Waals surface area contributed by atoms with Gasteiger partial charge in [0.2, 0.25) is 0 Å². The number of aromatic nitrogens is 1. The number of rotatable bonds is 8. The van der Waals surface area contributed by atoms with Gasteiger partial charge >= 0.3 is 0 Å². The van der Waals surface area contributed by atoms with E-state index in [1.165, 1.54) is 12.8 Å². The second-order valence-electron chi connectivity index (χ2n) is 5.38. The van der Waals surface area contributed by atoms with E-state index in [2.05, 4.69) is 35.1 Å². The Labute approximate surface area is 126 Å². The molecular weight excluding hydrogens is 274 g/mol. The molecule has 0 bridgehead atoms. The van der Waals surface area contributed by atoms with Gasteiger partial charge in [0.1, 0.15) is 5.82 Å². The van der Waals surface area contributed by atoms with Gasteiger partial charge < -0.3 is 15.0 Å². The first-order valence-corrected chi connectivity index (χ1v) is 7.66. The largest absolute Gasteiger partial charge is 0.383 e. The average molecular weight is 298 g/mol. The third kappa shape index (κ3) is 4.08. The van der Waals surface area contributed by atoms with E-state index < -0.39 is 0 Å². The third-order valence-electron chi connectivity index (χ3n) is 3.65. The SMILES string of the molecule is CCN(c1cc(CNC2CC2)c(Cl)cn1)C(C)COC. The number of hydrogen-bond donors (Lipinski definition) is 1. The molecule has 0 saturated heterocycles. The number of likely N-dealkylation sites (N-methyl/N-ethyl adjacent to an activating group) is 1. The molecular formula is C15H24ClN3O. The van der Waals surface area contributed by atoms with Crippen LogP contribution in [0.1, 0.15) is 32.3 Å². The van der Waals surface area contributed by atoms with Crippen LogP contribution in [0.5, 0.6) is 0 Å². The van der Waals surface area contributed by atoms with Crippen molar-refractivity contribution < 1.29 is 4.74 Å². The lowest BCUT2D eigenvalue weighted by Gasteiger charge is -2.29. The first kappa shape index (κ1) is 15.5. The highest BCUT2D eigenvalue weighted by molar-refractivity contribution is 6.31. The van der Waals surface area contributed by atoms with Gasteiger partial charge in [-0.2, -0.15) is 0 Å². The van der Waals surface area contributed by atoms with Crippen molar-refractivity contribution in [3.8, 4) is 0 Å². The van der Waals surface area contributed by atoms with E-state index >= 15 is 0 Å². The van der Waals surface area contributed by atoms with Crippen LogP contribution >= 0.6 is 11.6 Å². The minimum Gasteiger partial charge on any atom is -0.383 e. The monoisotopic (exact) mass is 297 g/mol. The quantitative estimate of drug-likeness (QED) is 0.801. The summed E-state index contributed by atoms with van der Waals surface area (Å²) >= 11 is 6.24. The lowest BCUT2D eigenvalue weighted by Crippen LogP contribution is -2.36. The Morgan fingerprint density at radius 1 is 1.55 bits per heavy atom. The molecule has 5 heteroatoms. The van der Waals surface area contributed by atoms with Crippen LogP contribution in [0.25, 0.3) is 0 Å². The molecule has 1 N–H and O–H groups in total. The summed E-state index contributed by atoms with van der Waals surface area (Å²) in [5, 5.41) is 4.23. The first-order chi connectivity index (χ1) is 9.65.